The molecule has 1 saturated heterocycles. The maximum Gasteiger partial charge on any atom is 0.288 e. The van der Waals surface area contributed by atoms with Crippen LogP contribution in [-0.4, -0.2) is 34.5 Å². The topological polar surface area (TPSA) is 59.0 Å². The molecule has 1 aliphatic heterocycles. The van der Waals surface area contributed by atoms with Crippen molar-refractivity contribution < 1.29 is 13.6 Å². The number of thioether (sulfide) groups is 1. The minimum absolute atomic E-state index is 0.137. The number of nitrogens with one attached hydrogen (secondary N) is 2. The van der Waals surface area contributed by atoms with E-state index in [1.807, 2.05) is 0 Å². The second-order valence-corrected chi connectivity index (χ2v) is 6.65. The molecule has 0 unspecified atom stereocenters. The number of benzene rings is 1. The predicted molar refractivity (Wildman–Crippen MR) is 89.2 cm³/mol. The Morgan fingerprint density at radius 2 is 2.00 bits per heavy atom. The van der Waals surface area contributed by atoms with E-state index in [2.05, 4.69) is 15.7 Å². The molecule has 0 aliphatic carbocycles. The molecule has 1 aromatic carbocycles. The number of anilines is 1. The van der Waals surface area contributed by atoms with Gasteiger partial charge < -0.3 is 10.6 Å². The van der Waals surface area contributed by atoms with Gasteiger partial charge in [-0.1, -0.05) is 11.8 Å². The first-order valence-electron chi connectivity index (χ1n) is 7.67. The van der Waals surface area contributed by atoms with Crippen LogP contribution in [0.2, 0.25) is 0 Å². The second kappa shape index (κ2) is 7.31. The fourth-order valence-electron chi connectivity index (χ4n) is 2.89. The highest BCUT2D eigenvalue weighted by Gasteiger charge is 2.42. The normalized spacial score (nSPS) is 17.0. The maximum atomic E-state index is 12.9. The minimum Gasteiger partial charge on any atom is -0.324 e. The van der Waals surface area contributed by atoms with Gasteiger partial charge >= 0.3 is 0 Å². The van der Waals surface area contributed by atoms with Crippen molar-refractivity contribution in [2.75, 3.05) is 18.4 Å². The van der Waals surface area contributed by atoms with Gasteiger partial charge in [0.15, 0.2) is 0 Å². The summed E-state index contributed by atoms with van der Waals surface area (Å²) in [4.78, 5) is 13.4. The van der Waals surface area contributed by atoms with Crippen molar-refractivity contribution in [3.63, 3.8) is 0 Å². The fraction of sp³-hybridized carbons (Fsp3) is 0.375. The summed E-state index contributed by atoms with van der Waals surface area (Å²) < 4.78 is 26.4. The first kappa shape index (κ1) is 16.9. The molecule has 2 heterocycles. The number of halogens is 2. The van der Waals surface area contributed by atoms with Crippen molar-refractivity contribution in [2.45, 2.75) is 29.0 Å². The van der Waals surface area contributed by atoms with Gasteiger partial charge in [-0.3, -0.25) is 9.48 Å². The van der Waals surface area contributed by atoms with Gasteiger partial charge in [-0.2, -0.15) is 13.9 Å². The number of carbonyl (C=O) groups is 1. The van der Waals surface area contributed by atoms with E-state index in [4.69, 9.17) is 0 Å². The van der Waals surface area contributed by atoms with Crippen molar-refractivity contribution in [1.82, 2.24) is 15.1 Å². The second-order valence-electron chi connectivity index (χ2n) is 5.59. The van der Waals surface area contributed by atoms with Crippen LogP contribution in [-0.2, 0) is 10.3 Å². The Morgan fingerprint density at radius 1 is 1.29 bits per heavy atom. The molecule has 0 radical (unpaired) electrons. The van der Waals surface area contributed by atoms with Crippen molar-refractivity contribution in [2.24, 2.45) is 0 Å². The van der Waals surface area contributed by atoms with E-state index >= 15 is 0 Å². The molecule has 1 amide bonds. The first-order valence-corrected chi connectivity index (χ1v) is 8.55. The molecule has 2 N–H and O–H groups in total. The van der Waals surface area contributed by atoms with Crippen molar-refractivity contribution in [3.05, 3.63) is 42.7 Å². The number of hydrogen-bond acceptors (Lipinski definition) is 4. The molecule has 128 valence electrons. The number of piperidine rings is 1. The van der Waals surface area contributed by atoms with E-state index in [1.165, 1.54) is 0 Å². The fourth-order valence-corrected chi connectivity index (χ4v) is 3.39. The molecule has 0 saturated carbocycles. The molecule has 2 aromatic rings. The number of alkyl halides is 2. The summed E-state index contributed by atoms with van der Waals surface area (Å²) in [6, 6.07) is 8.24. The van der Waals surface area contributed by atoms with Gasteiger partial charge in [-0.05, 0) is 56.3 Å². The third-order valence-electron chi connectivity index (χ3n) is 4.13. The van der Waals surface area contributed by atoms with E-state index in [-0.39, 0.29) is 5.91 Å². The number of nitrogens with zero attached hydrogens (tertiary/aromatic N) is 2. The van der Waals surface area contributed by atoms with Crippen LogP contribution in [0.5, 0.6) is 0 Å². The Morgan fingerprint density at radius 3 is 2.58 bits per heavy atom. The highest BCUT2D eigenvalue weighted by molar-refractivity contribution is 7.99. The highest BCUT2D eigenvalue weighted by Crippen LogP contribution is 2.30. The average molecular weight is 352 g/mol. The van der Waals surface area contributed by atoms with E-state index in [9.17, 15) is 13.6 Å². The van der Waals surface area contributed by atoms with Gasteiger partial charge in [0, 0.05) is 23.0 Å². The molecule has 5 nitrogen and oxygen atoms in total. The number of carbonyl (C=O) groups excluding carboxylic acids is 1. The number of aromatic nitrogens is 2. The molecule has 1 aliphatic rings. The molecule has 1 fully saturated rings. The molecule has 0 spiro atoms. The van der Waals surface area contributed by atoms with Gasteiger partial charge in [0.1, 0.15) is 5.54 Å². The number of rotatable bonds is 5. The average Bonchev–Trinajstić information content (AvgIpc) is 3.12. The van der Waals surface area contributed by atoms with Crippen molar-refractivity contribution in [1.29, 1.82) is 0 Å². The summed E-state index contributed by atoms with van der Waals surface area (Å²) >= 11 is 0.483. The highest BCUT2D eigenvalue weighted by atomic mass is 32.2. The maximum absolute atomic E-state index is 12.9. The monoisotopic (exact) mass is 352 g/mol. The predicted octanol–water partition coefficient (Wildman–Crippen LogP) is 2.92. The van der Waals surface area contributed by atoms with Crippen molar-refractivity contribution >= 4 is 23.4 Å². The van der Waals surface area contributed by atoms with Gasteiger partial charge in [0.05, 0.1) is 0 Å². The van der Waals surface area contributed by atoms with Gasteiger partial charge in [0.2, 0.25) is 0 Å². The summed E-state index contributed by atoms with van der Waals surface area (Å²) in [6.07, 6.45) is 4.74. The largest absolute Gasteiger partial charge is 0.324 e. The van der Waals surface area contributed by atoms with Gasteiger partial charge in [0.25, 0.3) is 11.7 Å². The Hall–Kier alpha value is -1.93. The molecule has 3 rings (SSSR count). The van der Waals surface area contributed by atoms with Gasteiger partial charge in [-0.15, -0.1) is 0 Å². The van der Waals surface area contributed by atoms with Crippen LogP contribution in [0.4, 0.5) is 14.5 Å². The standard InChI is InChI=1S/C16H18F2N4OS/c17-15(18)24-13-4-2-12(3-5-13)21-14(23)16(6-9-19-10-7-16)22-11-1-8-20-22/h1-5,8,11,15,19H,6-7,9-10H2,(H,21,23). The van der Waals surface area contributed by atoms with Crippen LogP contribution in [0.15, 0.2) is 47.6 Å². The molecule has 1 aromatic heterocycles. The van der Waals surface area contributed by atoms with Crippen LogP contribution in [0.3, 0.4) is 0 Å². The Labute approximate surface area is 142 Å². The molecule has 24 heavy (non-hydrogen) atoms. The Bertz CT molecular complexity index is 670. The third-order valence-corrected chi connectivity index (χ3v) is 4.86. The smallest absolute Gasteiger partial charge is 0.288 e. The lowest BCUT2D eigenvalue weighted by Crippen LogP contribution is -2.52. The molecule has 0 atom stereocenters. The molecule has 8 heteroatoms. The Balaban J connectivity index is 1.76. The van der Waals surface area contributed by atoms with Crippen LogP contribution >= 0.6 is 11.8 Å². The lowest BCUT2D eigenvalue weighted by molar-refractivity contribution is -0.126. The lowest BCUT2D eigenvalue weighted by atomic mass is 9.87. The van der Waals surface area contributed by atoms with Gasteiger partial charge in [-0.25, -0.2) is 0 Å². The quantitative estimate of drug-likeness (QED) is 0.813. The number of hydrogen-bond donors (Lipinski definition) is 2. The van der Waals surface area contributed by atoms with E-state index in [0.29, 0.717) is 35.2 Å². The third kappa shape index (κ3) is 3.59. The molecular weight excluding hydrogens is 334 g/mol. The Kier molecular flexibility index (Phi) is 5.15. The van der Waals surface area contributed by atoms with Crippen LogP contribution in [0.25, 0.3) is 0 Å². The zero-order valence-electron chi connectivity index (χ0n) is 12.9. The van der Waals surface area contributed by atoms with Crippen LogP contribution in [0.1, 0.15) is 12.8 Å². The summed E-state index contributed by atoms with van der Waals surface area (Å²) in [5, 5.41) is 10.4. The first-order chi connectivity index (χ1) is 11.6. The number of amides is 1. The lowest BCUT2D eigenvalue weighted by Gasteiger charge is -2.36. The van der Waals surface area contributed by atoms with Crippen molar-refractivity contribution in [3.8, 4) is 0 Å². The summed E-state index contributed by atoms with van der Waals surface area (Å²) in [6.45, 7) is 1.47. The van der Waals surface area contributed by atoms with E-state index in [0.717, 1.165) is 13.1 Å². The summed E-state index contributed by atoms with van der Waals surface area (Å²) in [5.41, 5.74) is -0.144. The van der Waals surface area contributed by atoms with Crippen LogP contribution < -0.4 is 10.6 Å². The SMILES string of the molecule is O=C(Nc1ccc(SC(F)F)cc1)C1(n2cccn2)CCNCC1. The van der Waals surface area contributed by atoms with E-state index in [1.54, 1.807) is 47.4 Å². The summed E-state index contributed by atoms with van der Waals surface area (Å²) in [5.74, 6) is -2.59. The van der Waals surface area contributed by atoms with E-state index < -0.39 is 11.3 Å². The molecular formula is C16H18F2N4OS. The molecule has 0 bridgehead atoms. The zero-order valence-corrected chi connectivity index (χ0v) is 13.7. The minimum atomic E-state index is -2.46. The summed E-state index contributed by atoms with van der Waals surface area (Å²) in [7, 11) is 0. The zero-order chi connectivity index (χ0) is 17.0. The van der Waals surface area contributed by atoms with Crippen LogP contribution in [0, 0.1) is 0 Å².